The van der Waals surface area contributed by atoms with Gasteiger partial charge in [-0.25, -0.2) is 19.4 Å². The average molecular weight is 540 g/mol. The van der Waals surface area contributed by atoms with E-state index in [4.69, 9.17) is 19.8 Å². The number of hydrogen-bond acceptors (Lipinski definition) is 8. The third kappa shape index (κ3) is 5.63. The summed E-state index contributed by atoms with van der Waals surface area (Å²) in [5, 5.41) is 20.1. The smallest absolute Gasteiger partial charge is 0.414 e. The fourth-order valence-corrected chi connectivity index (χ4v) is 5.61. The molecule has 2 N–H and O–H groups in total. The van der Waals surface area contributed by atoms with Gasteiger partial charge in [0.2, 0.25) is 5.95 Å². The number of methoxy groups -OCH3 is 1. The number of hydrogen-bond donors (Lipinski definition) is 2. The molecule has 0 atom stereocenters. The lowest BCUT2D eigenvalue weighted by Gasteiger charge is -2.31. The number of aromatic nitrogens is 5. The number of thioether (sulfide) groups is 1. The van der Waals surface area contributed by atoms with Crippen molar-refractivity contribution in [1.29, 1.82) is 0 Å². The highest BCUT2D eigenvalue weighted by atomic mass is 32.2. The summed E-state index contributed by atoms with van der Waals surface area (Å²) in [4.78, 5) is 27.7. The molecule has 0 fully saturated rings. The molecule has 0 aromatic carbocycles. The van der Waals surface area contributed by atoms with Gasteiger partial charge < -0.3 is 15.2 Å². The van der Waals surface area contributed by atoms with Crippen LogP contribution in [0.25, 0.3) is 17.1 Å². The summed E-state index contributed by atoms with van der Waals surface area (Å²) in [6.07, 6.45) is 3.70. The zero-order valence-electron chi connectivity index (χ0n) is 23.4. The van der Waals surface area contributed by atoms with E-state index in [9.17, 15) is 9.90 Å². The third-order valence-electron chi connectivity index (χ3n) is 6.42. The molecule has 4 rings (SSSR count). The molecule has 0 saturated carbocycles. The Hall–Kier alpha value is -3.18. The van der Waals surface area contributed by atoms with Crippen molar-refractivity contribution in [1.82, 2.24) is 30.0 Å². The quantitative estimate of drug-likeness (QED) is 0.379. The Bertz CT molecular complexity index is 1390. The predicted octanol–water partition coefficient (Wildman–Crippen LogP) is 5.06. The number of anilines is 1. The molecule has 4 heterocycles. The monoisotopic (exact) mass is 539 g/mol. The van der Waals surface area contributed by atoms with Crippen molar-refractivity contribution < 1.29 is 14.6 Å². The van der Waals surface area contributed by atoms with Crippen molar-refractivity contribution in [2.45, 2.75) is 78.0 Å². The molecule has 1 amide bonds. The van der Waals surface area contributed by atoms with Crippen molar-refractivity contribution in [3.05, 3.63) is 34.3 Å². The van der Waals surface area contributed by atoms with Gasteiger partial charge in [-0.2, -0.15) is 10.1 Å². The summed E-state index contributed by atoms with van der Waals surface area (Å²) >= 11 is 1.60. The first-order valence-electron chi connectivity index (χ1n) is 12.8. The number of aryl methyl sites for hydroxylation is 1. The molecule has 38 heavy (non-hydrogen) atoms. The molecule has 11 heteroatoms. The number of carboxylic acid groups (broad SMARTS) is 1. The summed E-state index contributed by atoms with van der Waals surface area (Å²) < 4.78 is 7.41. The lowest BCUT2D eigenvalue weighted by molar-refractivity contribution is 0.195. The molecule has 0 bridgehead atoms. The average Bonchev–Trinajstić information content (AvgIpc) is 3.04. The number of amides is 1. The molecule has 0 aliphatic carbocycles. The zero-order valence-corrected chi connectivity index (χ0v) is 24.2. The van der Waals surface area contributed by atoms with E-state index in [1.165, 1.54) is 10.5 Å². The maximum absolute atomic E-state index is 12.3. The van der Waals surface area contributed by atoms with Crippen LogP contribution in [0.4, 0.5) is 10.7 Å². The first-order chi connectivity index (χ1) is 17.9. The number of ether oxygens (including phenoxy) is 1. The van der Waals surface area contributed by atoms with Gasteiger partial charge in [-0.3, -0.25) is 4.98 Å². The number of nitrogens with one attached hydrogen (secondary N) is 1. The van der Waals surface area contributed by atoms with Crippen molar-refractivity contribution in [3.63, 3.8) is 0 Å². The third-order valence-corrected chi connectivity index (χ3v) is 7.50. The van der Waals surface area contributed by atoms with E-state index in [0.717, 1.165) is 57.4 Å². The molecule has 0 radical (unpaired) electrons. The predicted molar refractivity (Wildman–Crippen MR) is 151 cm³/mol. The Balaban J connectivity index is 1.87. The van der Waals surface area contributed by atoms with Gasteiger partial charge in [-0.1, -0.05) is 19.4 Å². The summed E-state index contributed by atoms with van der Waals surface area (Å²) in [7, 11) is 1.66. The minimum Gasteiger partial charge on any atom is -0.496 e. The molecule has 3 aromatic heterocycles. The maximum Gasteiger partial charge on any atom is 0.414 e. The van der Waals surface area contributed by atoms with Crippen molar-refractivity contribution >= 4 is 40.9 Å². The summed E-state index contributed by atoms with van der Waals surface area (Å²) in [6, 6.07) is 0.409. The largest absolute Gasteiger partial charge is 0.496 e. The summed E-state index contributed by atoms with van der Waals surface area (Å²) in [5.74, 6) is 1.69. The molecule has 0 spiro atoms. The van der Waals surface area contributed by atoms with E-state index in [1.54, 1.807) is 29.8 Å². The highest BCUT2D eigenvalue weighted by molar-refractivity contribution is 7.99. The highest BCUT2D eigenvalue weighted by Gasteiger charge is 2.32. The second-order valence-electron chi connectivity index (χ2n) is 10.9. The molecule has 0 unspecified atom stereocenters. The normalized spacial score (nSPS) is 13.6. The van der Waals surface area contributed by atoms with E-state index in [0.29, 0.717) is 18.2 Å². The summed E-state index contributed by atoms with van der Waals surface area (Å²) in [5.41, 5.74) is 4.59. The van der Waals surface area contributed by atoms with Crippen molar-refractivity contribution in [2.24, 2.45) is 0 Å². The molecule has 10 nitrogen and oxygen atoms in total. The Kier molecular flexibility index (Phi) is 7.98. The Morgan fingerprint density at radius 2 is 2.03 bits per heavy atom. The highest BCUT2D eigenvalue weighted by Crippen LogP contribution is 2.37. The minimum absolute atomic E-state index is 0.142. The van der Waals surface area contributed by atoms with E-state index >= 15 is 0 Å². The SMILES string of the molecule is COc1c(C)cnc(Cn2nc3c4c(nc(N(C(=O)O)C(C)(C)C)nc42)SCC(CCNC(C)C)=C3)c1C. The van der Waals surface area contributed by atoms with Crippen LogP contribution < -0.4 is 15.0 Å². The number of carbonyl (C=O) groups is 1. The van der Waals surface area contributed by atoms with Crippen LogP contribution in [-0.4, -0.2) is 66.9 Å². The molecular weight excluding hydrogens is 502 g/mol. The van der Waals surface area contributed by atoms with Crippen LogP contribution in [0.15, 0.2) is 16.8 Å². The fraction of sp³-hybridized carbons (Fsp3) is 0.519. The van der Waals surface area contributed by atoms with Crippen LogP contribution in [-0.2, 0) is 6.54 Å². The molecular formula is C27H37N7O3S. The number of pyridine rings is 1. The Labute approximate surface area is 227 Å². The van der Waals surface area contributed by atoms with E-state index in [1.807, 2.05) is 34.6 Å². The maximum atomic E-state index is 12.3. The van der Waals surface area contributed by atoms with Gasteiger partial charge in [0, 0.05) is 34.7 Å². The van der Waals surface area contributed by atoms with Crippen LogP contribution in [0, 0.1) is 13.8 Å². The first-order valence-corrected chi connectivity index (χ1v) is 13.8. The second kappa shape index (κ2) is 10.9. The Morgan fingerprint density at radius 1 is 1.29 bits per heavy atom. The van der Waals surface area contributed by atoms with Crippen molar-refractivity contribution in [2.75, 3.05) is 24.3 Å². The van der Waals surface area contributed by atoms with Crippen molar-refractivity contribution in [3.8, 4) is 5.75 Å². The molecule has 0 saturated heterocycles. The second-order valence-corrected chi connectivity index (χ2v) is 11.8. The topological polar surface area (TPSA) is 118 Å². The van der Waals surface area contributed by atoms with Gasteiger partial charge in [-0.05, 0) is 53.7 Å². The van der Waals surface area contributed by atoms with Crippen LogP contribution in [0.1, 0.15) is 63.6 Å². The van der Waals surface area contributed by atoms with E-state index < -0.39 is 11.6 Å². The standard InChI is InChI=1S/C27H37N7O3S/c1-15(2)28-10-9-18-11-19-21-23(33(32-19)13-20-17(4)22(37-8)16(3)12-29-20)30-25(31-24(21)38-14-18)34(26(35)36)27(5,6)7/h11-12,15,28H,9-10,13-14H2,1-8H3,(H,35,36). The van der Waals surface area contributed by atoms with Gasteiger partial charge in [0.15, 0.2) is 5.65 Å². The van der Waals surface area contributed by atoms with Crippen LogP contribution in [0.2, 0.25) is 0 Å². The first kappa shape index (κ1) is 27.8. The molecule has 1 aliphatic rings. The fourth-order valence-electron chi connectivity index (χ4n) is 4.58. The van der Waals surface area contributed by atoms with Gasteiger partial charge in [0.25, 0.3) is 0 Å². The van der Waals surface area contributed by atoms with E-state index in [2.05, 4.69) is 30.2 Å². The lowest BCUT2D eigenvalue weighted by Crippen LogP contribution is -2.46. The molecule has 204 valence electrons. The molecule has 3 aromatic rings. The van der Waals surface area contributed by atoms with Gasteiger partial charge in [0.05, 0.1) is 30.4 Å². The number of rotatable bonds is 8. The van der Waals surface area contributed by atoms with Crippen LogP contribution >= 0.6 is 11.8 Å². The van der Waals surface area contributed by atoms with Gasteiger partial charge in [0.1, 0.15) is 10.8 Å². The lowest BCUT2D eigenvalue weighted by atomic mass is 10.1. The van der Waals surface area contributed by atoms with E-state index in [-0.39, 0.29) is 5.95 Å². The van der Waals surface area contributed by atoms with Gasteiger partial charge >= 0.3 is 6.09 Å². The number of nitrogens with zero attached hydrogens (tertiary/aromatic N) is 6. The van der Waals surface area contributed by atoms with Crippen LogP contribution in [0.5, 0.6) is 5.75 Å². The molecule has 1 aliphatic heterocycles. The van der Waals surface area contributed by atoms with Gasteiger partial charge in [-0.15, -0.1) is 11.8 Å². The Morgan fingerprint density at radius 3 is 2.66 bits per heavy atom. The minimum atomic E-state index is -1.10. The summed E-state index contributed by atoms with van der Waals surface area (Å²) in [6.45, 7) is 14.9. The zero-order chi connectivity index (χ0) is 27.8. The van der Waals surface area contributed by atoms with Crippen LogP contribution in [0.3, 0.4) is 0 Å².